The van der Waals surface area contributed by atoms with Crippen LogP contribution in [-0.2, 0) is 16.1 Å². The normalized spacial score (nSPS) is 14.6. The lowest BCUT2D eigenvalue weighted by molar-refractivity contribution is -0.138. The van der Waals surface area contributed by atoms with E-state index < -0.39 is 12.0 Å². The van der Waals surface area contributed by atoms with E-state index in [1.165, 1.54) is 11.3 Å². The lowest BCUT2D eigenvalue weighted by Crippen LogP contribution is -2.40. The topological polar surface area (TPSA) is 84.0 Å². The largest absolute Gasteiger partial charge is 0.493 e. The van der Waals surface area contributed by atoms with Gasteiger partial charge < -0.3 is 18.8 Å². The number of carbonyl (C=O) groups is 1. The summed E-state index contributed by atoms with van der Waals surface area (Å²) in [5.74, 6) is 3.13. The van der Waals surface area contributed by atoms with Crippen LogP contribution in [0.4, 0.5) is 0 Å². The number of carbonyl (C=O) groups excluding carboxylic acids is 1. The first-order valence-corrected chi connectivity index (χ1v) is 14.8. The fourth-order valence-corrected chi connectivity index (χ4v) is 6.53. The first-order valence-electron chi connectivity index (χ1n) is 14.0. The highest BCUT2D eigenvalue weighted by atomic mass is 32.1. The number of fused-ring (bicyclic) bond motifs is 2. The molecule has 0 unspecified atom stereocenters. The van der Waals surface area contributed by atoms with Crippen LogP contribution in [0.15, 0.2) is 94.4 Å². The highest BCUT2D eigenvalue weighted by molar-refractivity contribution is 7.07. The lowest BCUT2D eigenvalue weighted by atomic mass is 9.93. The molecule has 1 atom stereocenters. The minimum absolute atomic E-state index is 0.162. The van der Waals surface area contributed by atoms with Crippen molar-refractivity contribution in [3.63, 3.8) is 0 Å². The van der Waals surface area contributed by atoms with Gasteiger partial charge in [0.1, 0.15) is 0 Å². The minimum Gasteiger partial charge on any atom is -0.493 e. The summed E-state index contributed by atoms with van der Waals surface area (Å²) in [6, 6.07) is 21.9. The van der Waals surface area contributed by atoms with Crippen LogP contribution in [0.1, 0.15) is 29.7 Å². The molecule has 3 aromatic carbocycles. The van der Waals surface area contributed by atoms with E-state index >= 15 is 0 Å². The molecule has 0 aliphatic carbocycles. The summed E-state index contributed by atoms with van der Waals surface area (Å²) in [7, 11) is 3.10. The third kappa shape index (κ3) is 4.99. The molecule has 5 aromatic rings. The molecule has 2 aromatic heterocycles. The third-order valence-corrected chi connectivity index (χ3v) is 8.45. The van der Waals surface area contributed by atoms with Crippen molar-refractivity contribution in [2.24, 2.45) is 4.99 Å². The first kappa shape index (κ1) is 28.8. The molecule has 220 valence electrons. The Labute approximate surface area is 257 Å². The van der Waals surface area contributed by atoms with Crippen LogP contribution in [0.2, 0.25) is 0 Å². The van der Waals surface area contributed by atoms with Crippen molar-refractivity contribution >= 4 is 40.0 Å². The van der Waals surface area contributed by atoms with Crippen molar-refractivity contribution in [1.29, 1.82) is 0 Å². The molecule has 0 fully saturated rings. The molecule has 9 heteroatoms. The SMILES string of the molecule is C#CCn1cc(/C=c2\sc3n(c2=O)[C@H](c2ccc(OC)c(OC)c2)C(C(=O)OCC)=C(c2ccccc2)N=3)c2ccccc21. The van der Waals surface area contributed by atoms with Crippen molar-refractivity contribution in [3.8, 4) is 23.8 Å². The molecule has 0 amide bonds. The molecule has 0 N–H and O–H groups in total. The van der Waals surface area contributed by atoms with E-state index in [0.717, 1.165) is 22.0 Å². The van der Waals surface area contributed by atoms with Gasteiger partial charge in [0.05, 0.1) is 49.2 Å². The van der Waals surface area contributed by atoms with Gasteiger partial charge in [-0.3, -0.25) is 9.36 Å². The maximum atomic E-state index is 14.3. The zero-order chi connectivity index (χ0) is 30.8. The van der Waals surface area contributed by atoms with Gasteiger partial charge in [-0.15, -0.1) is 6.42 Å². The highest BCUT2D eigenvalue weighted by Gasteiger charge is 2.35. The number of hydrogen-bond acceptors (Lipinski definition) is 7. The predicted octanol–water partition coefficient (Wildman–Crippen LogP) is 4.54. The van der Waals surface area contributed by atoms with Gasteiger partial charge in [-0.1, -0.05) is 71.9 Å². The summed E-state index contributed by atoms with van der Waals surface area (Å²) < 4.78 is 20.7. The summed E-state index contributed by atoms with van der Waals surface area (Å²) >= 11 is 1.27. The number of terminal acetylenes is 1. The van der Waals surface area contributed by atoms with Gasteiger partial charge in [-0.2, -0.15) is 0 Å². The van der Waals surface area contributed by atoms with Crippen LogP contribution in [-0.4, -0.2) is 35.9 Å². The van der Waals surface area contributed by atoms with Crippen molar-refractivity contribution in [2.75, 3.05) is 20.8 Å². The average Bonchev–Trinajstić information content (AvgIpc) is 3.56. The zero-order valence-electron chi connectivity index (χ0n) is 24.4. The summed E-state index contributed by atoms with van der Waals surface area (Å²) in [4.78, 5) is 33.5. The van der Waals surface area contributed by atoms with E-state index in [0.29, 0.717) is 38.6 Å². The highest BCUT2D eigenvalue weighted by Crippen LogP contribution is 2.38. The summed E-state index contributed by atoms with van der Waals surface area (Å²) in [6.45, 7) is 2.31. The van der Waals surface area contributed by atoms with E-state index in [9.17, 15) is 9.59 Å². The summed E-state index contributed by atoms with van der Waals surface area (Å²) in [5.41, 5.74) is 3.64. The van der Waals surface area contributed by atoms with Crippen LogP contribution >= 0.6 is 11.3 Å². The van der Waals surface area contributed by atoms with Crippen molar-refractivity contribution in [3.05, 3.63) is 121 Å². The molecule has 0 bridgehead atoms. The quantitative estimate of drug-likeness (QED) is 0.192. The Balaban J connectivity index is 1.66. The van der Waals surface area contributed by atoms with E-state index in [4.69, 9.17) is 25.6 Å². The number of esters is 1. The molecule has 0 spiro atoms. The Bertz CT molecular complexity index is 2150. The molecule has 1 aliphatic heterocycles. The van der Waals surface area contributed by atoms with E-state index in [2.05, 4.69) is 5.92 Å². The number of ether oxygens (including phenoxy) is 3. The van der Waals surface area contributed by atoms with Gasteiger partial charge in [0.2, 0.25) is 0 Å². The van der Waals surface area contributed by atoms with Crippen molar-refractivity contribution in [2.45, 2.75) is 19.5 Å². The number of nitrogens with zero attached hydrogens (tertiary/aromatic N) is 3. The molecule has 6 rings (SSSR count). The van der Waals surface area contributed by atoms with E-state index in [-0.39, 0.29) is 17.7 Å². The predicted molar refractivity (Wildman–Crippen MR) is 171 cm³/mol. The Kier molecular flexibility index (Phi) is 7.92. The number of methoxy groups -OCH3 is 2. The number of benzene rings is 3. The summed E-state index contributed by atoms with van der Waals surface area (Å²) in [6.07, 6.45) is 9.44. The smallest absolute Gasteiger partial charge is 0.338 e. The van der Waals surface area contributed by atoms with Gasteiger partial charge in [0.15, 0.2) is 16.3 Å². The first-order chi connectivity index (χ1) is 21.5. The second-order valence-corrected chi connectivity index (χ2v) is 11.0. The van der Waals surface area contributed by atoms with Gasteiger partial charge in [-0.25, -0.2) is 9.79 Å². The van der Waals surface area contributed by atoms with Gasteiger partial charge in [0, 0.05) is 28.2 Å². The van der Waals surface area contributed by atoms with Crippen LogP contribution in [0.25, 0.3) is 22.7 Å². The number of thiazole rings is 1. The molecule has 0 radical (unpaired) electrons. The Morgan fingerprint density at radius 3 is 2.52 bits per heavy atom. The van der Waals surface area contributed by atoms with E-state index in [1.807, 2.05) is 77.5 Å². The standard InChI is InChI=1S/C35H29N3O5S/c1-5-18-37-21-24(25-14-10-11-15-26(25)37)20-29-33(39)38-32(23-16-17-27(41-3)28(19-23)42-4)30(34(40)43-6-2)31(36-35(38)44-29)22-12-8-7-9-13-22/h1,7-17,19-21,32H,6,18H2,2-4H3/b29-20-/t32-/m1/s1. The molecule has 3 heterocycles. The summed E-state index contributed by atoms with van der Waals surface area (Å²) in [5, 5.41) is 0.974. The second-order valence-electron chi connectivity index (χ2n) is 9.98. The molecule has 44 heavy (non-hydrogen) atoms. The molecular formula is C35H29N3O5S. The Morgan fingerprint density at radius 2 is 1.80 bits per heavy atom. The average molecular weight is 604 g/mol. The molecule has 1 aliphatic rings. The third-order valence-electron chi connectivity index (χ3n) is 7.46. The maximum Gasteiger partial charge on any atom is 0.338 e. The number of aromatic nitrogens is 2. The Hall–Kier alpha value is -5.33. The van der Waals surface area contributed by atoms with Crippen molar-refractivity contribution in [1.82, 2.24) is 9.13 Å². The second kappa shape index (κ2) is 12.1. The molecule has 0 saturated heterocycles. The Morgan fingerprint density at radius 1 is 1.05 bits per heavy atom. The fraction of sp³-hybridized carbons (Fsp3) is 0.171. The van der Waals surface area contributed by atoms with Gasteiger partial charge in [0.25, 0.3) is 5.56 Å². The lowest BCUT2D eigenvalue weighted by Gasteiger charge is -2.26. The molecule has 0 saturated carbocycles. The molecular weight excluding hydrogens is 574 g/mol. The zero-order valence-corrected chi connectivity index (χ0v) is 25.3. The fourth-order valence-electron chi connectivity index (χ4n) is 5.54. The number of hydrogen-bond donors (Lipinski definition) is 0. The van der Waals surface area contributed by atoms with Crippen LogP contribution in [0.5, 0.6) is 11.5 Å². The molecule has 8 nitrogen and oxygen atoms in total. The van der Waals surface area contributed by atoms with Crippen LogP contribution < -0.4 is 24.4 Å². The number of para-hydroxylation sites is 1. The maximum absolute atomic E-state index is 14.3. The number of rotatable bonds is 8. The van der Waals surface area contributed by atoms with Crippen LogP contribution in [0.3, 0.4) is 0 Å². The van der Waals surface area contributed by atoms with Gasteiger partial charge >= 0.3 is 5.97 Å². The monoisotopic (exact) mass is 603 g/mol. The minimum atomic E-state index is -0.842. The van der Waals surface area contributed by atoms with Crippen molar-refractivity contribution < 1.29 is 19.0 Å². The van der Waals surface area contributed by atoms with E-state index in [1.54, 1.807) is 37.8 Å². The van der Waals surface area contributed by atoms with Gasteiger partial charge in [-0.05, 0) is 36.8 Å². The van der Waals surface area contributed by atoms with Crippen LogP contribution in [0, 0.1) is 12.3 Å².